The van der Waals surface area contributed by atoms with Crippen LogP contribution in [0.4, 0.5) is 0 Å². The van der Waals surface area contributed by atoms with Gasteiger partial charge in [0.05, 0.1) is 12.0 Å². The summed E-state index contributed by atoms with van der Waals surface area (Å²) in [5, 5.41) is 0. The molecule has 3 aliphatic rings. The van der Waals surface area contributed by atoms with Gasteiger partial charge in [-0.05, 0) is 37.3 Å². The standard InChI is InChI=1S/C16H19NO2/c1-10-15-13(16(18)19-10)6-7-14-12-5-3-2-4-11(12)8-9-17(14)15/h2-5,10,13-15H,6-9H2,1H3/t10-,13-,14-,15+/m0/s1. The van der Waals surface area contributed by atoms with E-state index in [2.05, 4.69) is 29.2 Å². The zero-order chi connectivity index (χ0) is 13.0. The van der Waals surface area contributed by atoms with Crippen molar-refractivity contribution in [1.82, 2.24) is 4.90 Å². The maximum absolute atomic E-state index is 11.9. The molecule has 0 radical (unpaired) electrons. The molecule has 0 bridgehead atoms. The summed E-state index contributed by atoms with van der Waals surface area (Å²) >= 11 is 0. The van der Waals surface area contributed by atoms with E-state index in [0.29, 0.717) is 12.1 Å². The summed E-state index contributed by atoms with van der Waals surface area (Å²) in [5.74, 6) is 0.131. The second-order valence-electron chi connectivity index (χ2n) is 6.02. The fourth-order valence-electron chi connectivity index (χ4n) is 4.28. The van der Waals surface area contributed by atoms with Crippen molar-refractivity contribution in [2.75, 3.05) is 6.54 Å². The molecule has 2 saturated heterocycles. The number of ether oxygens (including phenoxy) is 1. The topological polar surface area (TPSA) is 29.5 Å². The summed E-state index contributed by atoms with van der Waals surface area (Å²) in [6.45, 7) is 3.11. The molecule has 0 unspecified atom stereocenters. The second-order valence-corrected chi connectivity index (χ2v) is 6.02. The molecule has 3 heteroatoms. The van der Waals surface area contributed by atoms with E-state index in [-0.39, 0.29) is 18.0 Å². The Morgan fingerprint density at radius 1 is 1.26 bits per heavy atom. The highest BCUT2D eigenvalue weighted by Crippen LogP contribution is 2.45. The molecule has 0 amide bonds. The lowest BCUT2D eigenvalue weighted by Gasteiger charge is -2.46. The third kappa shape index (κ3) is 1.57. The highest BCUT2D eigenvalue weighted by atomic mass is 16.6. The average Bonchev–Trinajstić information content (AvgIpc) is 2.74. The lowest BCUT2D eigenvalue weighted by Crippen LogP contribution is -2.52. The number of carbonyl (C=O) groups is 1. The fraction of sp³-hybridized carbons (Fsp3) is 0.562. The van der Waals surface area contributed by atoms with Crippen LogP contribution in [0, 0.1) is 5.92 Å². The van der Waals surface area contributed by atoms with Gasteiger partial charge in [-0.15, -0.1) is 0 Å². The third-order valence-electron chi connectivity index (χ3n) is 5.09. The predicted octanol–water partition coefficient (Wildman–Crippen LogP) is 2.31. The molecule has 0 aromatic heterocycles. The maximum atomic E-state index is 11.9. The van der Waals surface area contributed by atoms with E-state index >= 15 is 0 Å². The minimum Gasteiger partial charge on any atom is -0.461 e. The number of hydrogen-bond acceptors (Lipinski definition) is 3. The number of fused-ring (bicyclic) bond motifs is 5. The molecule has 4 rings (SSSR count). The highest BCUT2D eigenvalue weighted by molar-refractivity contribution is 5.76. The molecule has 1 aromatic carbocycles. The highest BCUT2D eigenvalue weighted by Gasteiger charge is 2.51. The third-order valence-corrected chi connectivity index (χ3v) is 5.09. The Balaban J connectivity index is 1.72. The van der Waals surface area contributed by atoms with Crippen LogP contribution >= 0.6 is 0 Å². The van der Waals surface area contributed by atoms with Gasteiger partial charge in [0.25, 0.3) is 0 Å². The smallest absolute Gasteiger partial charge is 0.310 e. The van der Waals surface area contributed by atoms with Crippen LogP contribution in [0.5, 0.6) is 0 Å². The first-order valence-corrected chi connectivity index (χ1v) is 7.30. The summed E-state index contributed by atoms with van der Waals surface area (Å²) in [7, 11) is 0. The minimum atomic E-state index is 0.0230. The van der Waals surface area contributed by atoms with Crippen molar-refractivity contribution in [3.05, 3.63) is 35.4 Å². The zero-order valence-electron chi connectivity index (χ0n) is 11.2. The first kappa shape index (κ1) is 11.5. The van der Waals surface area contributed by atoms with Crippen LogP contribution in [0.1, 0.15) is 36.9 Å². The summed E-state index contributed by atoms with van der Waals surface area (Å²) in [5.41, 5.74) is 2.96. The van der Waals surface area contributed by atoms with Crippen molar-refractivity contribution in [1.29, 1.82) is 0 Å². The van der Waals surface area contributed by atoms with Gasteiger partial charge in [-0.3, -0.25) is 9.69 Å². The normalized spacial score (nSPS) is 37.2. The Labute approximate surface area is 113 Å². The SMILES string of the molecule is C[C@@H]1OC(=O)[C@H]2CC[C@H]3c4ccccc4CCN3[C@H]12. The van der Waals surface area contributed by atoms with Gasteiger partial charge in [0.2, 0.25) is 0 Å². The summed E-state index contributed by atoms with van der Waals surface area (Å²) in [6, 6.07) is 9.55. The van der Waals surface area contributed by atoms with Crippen molar-refractivity contribution in [3.8, 4) is 0 Å². The van der Waals surface area contributed by atoms with Gasteiger partial charge in [0.15, 0.2) is 0 Å². The molecular formula is C16H19NO2. The first-order chi connectivity index (χ1) is 9.25. The van der Waals surface area contributed by atoms with Crippen molar-refractivity contribution in [2.24, 2.45) is 5.92 Å². The lowest BCUT2D eigenvalue weighted by molar-refractivity contribution is -0.144. The van der Waals surface area contributed by atoms with Gasteiger partial charge >= 0.3 is 5.97 Å². The molecule has 100 valence electrons. The van der Waals surface area contributed by atoms with Crippen molar-refractivity contribution < 1.29 is 9.53 Å². The first-order valence-electron chi connectivity index (χ1n) is 7.30. The van der Waals surface area contributed by atoms with Crippen LogP contribution in [0.15, 0.2) is 24.3 Å². The van der Waals surface area contributed by atoms with Crippen LogP contribution in [0.2, 0.25) is 0 Å². The van der Waals surface area contributed by atoms with Crippen molar-refractivity contribution >= 4 is 5.97 Å². The van der Waals surface area contributed by atoms with Crippen molar-refractivity contribution in [3.63, 3.8) is 0 Å². The van der Waals surface area contributed by atoms with Gasteiger partial charge in [0, 0.05) is 12.6 Å². The Morgan fingerprint density at radius 3 is 3.00 bits per heavy atom. The Bertz CT molecular complexity index is 527. The van der Waals surface area contributed by atoms with Crippen LogP contribution in [-0.4, -0.2) is 29.6 Å². The van der Waals surface area contributed by atoms with E-state index in [4.69, 9.17) is 4.74 Å². The van der Waals surface area contributed by atoms with E-state index in [1.807, 2.05) is 6.92 Å². The molecule has 0 N–H and O–H groups in total. The number of carbonyl (C=O) groups excluding carboxylic acids is 1. The predicted molar refractivity (Wildman–Crippen MR) is 71.7 cm³/mol. The monoisotopic (exact) mass is 257 g/mol. The molecule has 3 aliphatic heterocycles. The van der Waals surface area contributed by atoms with E-state index in [1.54, 1.807) is 0 Å². The second kappa shape index (κ2) is 4.07. The van der Waals surface area contributed by atoms with Crippen LogP contribution in [-0.2, 0) is 16.0 Å². The Hall–Kier alpha value is -1.35. The minimum absolute atomic E-state index is 0.0230. The molecule has 4 atom stereocenters. The number of rotatable bonds is 0. The van der Waals surface area contributed by atoms with E-state index in [0.717, 1.165) is 25.8 Å². The van der Waals surface area contributed by atoms with Gasteiger partial charge < -0.3 is 4.74 Å². The number of nitrogens with zero attached hydrogens (tertiary/aromatic N) is 1. The van der Waals surface area contributed by atoms with Gasteiger partial charge in [-0.2, -0.15) is 0 Å². The molecule has 0 spiro atoms. The number of cyclic esters (lactones) is 1. The van der Waals surface area contributed by atoms with Gasteiger partial charge in [0.1, 0.15) is 6.10 Å². The molecule has 3 nitrogen and oxygen atoms in total. The Morgan fingerprint density at radius 2 is 2.11 bits per heavy atom. The number of piperidine rings is 1. The molecule has 0 saturated carbocycles. The fourth-order valence-corrected chi connectivity index (χ4v) is 4.28. The molecule has 3 heterocycles. The molecule has 1 aromatic rings. The maximum Gasteiger partial charge on any atom is 0.310 e. The van der Waals surface area contributed by atoms with Crippen molar-refractivity contribution in [2.45, 2.75) is 44.4 Å². The Kier molecular flexibility index (Phi) is 2.46. The number of esters is 1. The largest absolute Gasteiger partial charge is 0.461 e. The number of hydrogen-bond donors (Lipinski definition) is 0. The quantitative estimate of drug-likeness (QED) is 0.668. The van der Waals surface area contributed by atoms with Crippen LogP contribution < -0.4 is 0 Å². The lowest BCUT2D eigenvalue weighted by atomic mass is 9.79. The van der Waals surface area contributed by atoms with Crippen LogP contribution in [0.3, 0.4) is 0 Å². The van der Waals surface area contributed by atoms with Gasteiger partial charge in [-0.25, -0.2) is 0 Å². The zero-order valence-corrected chi connectivity index (χ0v) is 11.2. The van der Waals surface area contributed by atoms with Crippen LogP contribution in [0.25, 0.3) is 0 Å². The summed E-state index contributed by atoms with van der Waals surface area (Å²) < 4.78 is 5.46. The molecule has 2 fully saturated rings. The molecule has 0 aliphatic carbocycles. The average molecular weight is 257 g/mol. The summed E-state index contributed by atoms with van der Waals surface area (Å²) in [4.78, 5) is 14.4. The summed E-state index contributed by atoms with van der Waals surface area (Å²) in [6.07, 6.45) is 3.20. The number of benzene rings is 1. The molecular weight excluding hydrogens is 238 g/mol. The van der Waals surface area contributed by atoms with E-state index < -0.39 is 0 Å². The van der Waals surface area contributed by atoms with E-state index in [9.17, 15) is 4.79 Å². The van der Waals surface area contributed by atoms with Gasteiger partial charge in [-0.1, -0.05) is 24.3 Å². The molecule has 19 heavy (non-hydrogen) atoms. The van der Waals surface area contributed by atoms with E-state index in [1.165, 1.54) is 11.1 Å².